The second-order valence-corrected chi connectivity index (χ2v) is 5.42. The number of fused-ring (bicyclic) bond motifs is 1. The van der Waals surface area contributed by atoms with Gasteiger partial charge >= 0.3 is 0 Å². The van der Waals surface area contributed by atoms with Crippen molar-refractivity contribution in [2.24, 2.45) is 0 Å². The monoisotopic (exact) mass is 302 g/mol. The third-order valence-electron chi connectivity index (χ3n) is 3.05. The van der Waals surface area contributed by atoms with Crippen molar-refractivity contribution in [1.29, 1.82) is 0 Å². The molecular weight excluding hydrogens is 291 g/mol. The smallest absolute Gasteiger partial charge is 0.259 e. The van der Waals surface area contributed by atoms with E-state index in [2.05, 4.69) is 5.32 Å². The van der Waals surface area contributed by atoms with Crippen molar-refractivity contribution >= 4 is 33.0 Å². The van der Waals surface area contributed by atoms with Gasteiger partial charge in [-0.05, 0) is 29.6 Å². The number of rotatable bonds is 3. The number of hydrogen-bond acceptors (Lipinski definition) is 3. The highest BCUT2D eigenvalue weighted by atomic mass is 32.1. The summed E-state index contributed by atoms with van der Waals surface area (Å²) in [6.45, 7) is -0.154. The molecule has 3 rings (SSSR count). The van der Waals surface area contributed by atoms with Gasteiger partial charge in [0.2, 0.25) is 5.91 Å². The topological polar surface area (TPSA) is 51.1 Å². The van der Waals surface area contributed by atoms with Crippen molar-refractivity contribution in [3.63, 3.8) is 0 Å². The zero-order chi connectivity index (χ0) is 14.8. The number of pyridine rings is 1. The Labute approximate surface area is 123 Å². The SMILES string of the molecule is O=C(Cn1ccc2sccc2c1=O)Nc1ccccc1F. The van der Waals surface area contributed by atoms with E-state index < -0.39 is 11.7 Å². The lowest BCUT2D eigenvalue weighted by atomic mass is 10.3. The van der Waals surface area contributed by atoms with Gasteiger partial charge in [0.1, 0.15) is 12.4 Å². The second kappa shape index (κ2) is 5.49. The average molecular weight is 302 g/mol. The van der Waals surface area contributed by atoms with E-state index in [0.29, 0.717) is 5.39 Å². The molecule has 0 saturated carbocycles. The zero-order valence-electron chi connectivity index (χ0n) is 10.9. The van der Waals surface area contributed by atoms with Crippen molar-refractivity contribution in [2.45, 2.75) is 6.54 Å². The largest absolute Gasteiger partial charge is 0.322 e. The zero-order valence-corrected chi connectivity index (χ0v) is 11.7. The number of halogens is 1. The number of hydrogen-bond donors (Lipinski definition) is 1. The average Bonchev–Trinajstić information content (AvgIpc) is 2.94. The van der Waals surface area contributed by atoms with E-state index in [-0.39, 0.29) is 17.8 Å². The number of anilines is 1. The van der Waals surface area contributed by atoms with E-state index in [4.69, 9.17) is 0 Å². The Hall–Kier alpha value is -2.47. The lowest BCUT2D eigenvalue weighted by molar-refractivity contribution is -0.116. The molecule has 6 heteroatoms. The summed E-state index contributed by atoms with van der Waals surface area (Å²) in [7, 11) is 0. The van der Waals surface area contributed by atoms with Crippen LogP contribution in [-0.4, -0.2) is 10.5 Å². The molecule has 2 aromatic heterocycles. The van der Waals surface area contributed by atoms with Gasteiger partial charge in [0.05, 0.1) is 11.1 Å². The predicted octanol–water partition coefficient (Wildman–Crippen LogP) is 2.84. The van der Waals surface area contributed by atoms with Crippen molar-refractivity contribution in [3.8, 4) is 0 Å². The summed E-state index contributed by atoms with van der Waals surface area (Å²) in [5, 5.41) is 4.87. The molecule has 4 nitrogen and oxygen atoms in total. The summed E-state index contributed by atoms with van der Waals surface area (Å²) < 4.78 is 15.6. The first-order chi connectivity index (χ1) is 10.1. The number of thiophene rings is 1. The molecule has 0 radical (unpaired) electrons. The van der Waals surface area contributed by atoms with Crippen LogP contribution in [0.25, 0.3) is 10.1 Å². The summed E-state index contributed by atoms with van der Waals surface area (Å²) in [6, 6.07) is 9.42. The minimum Gasteiger partial charge on any atom is -0.322 e. The van der Waals surface area contributed by atoms with Gasteiger partial charge in [-0.15, -0.1) is 11.3 Å². The number of nitrogens with one attached hydrogen (secondary N) is 1. The number of amides is 1. The second-order valence-electron chi connectivity index (χ2n) is 4.48. The van der Waals surface area contributed by atoms with Crippen LogP contribution in [0.4, 0.5) is 10.1 Å². The molecule has 21 heavy (non-hydrogen) atoms. The van der Waals surface area contributed by atoms with Crippen molar-refractivity contribution < 1.29 is 9.18 Å². The highest BCUT2D eigenvalue weighted by Gasteiger charge is 2.09. The van der Waals surface area contributed by atoms with Gasteiger partial charge in [-0.25, -0.2) is 4.39 Å². The van der Waals surface area contributed by atoms with E-state index in [1.807, 2.05) is 5.38 Å². The van der Waals surface area contributed by atoms with Crippen LogP contribution in [0.5, 0.6) is 0 Å². The Morgan fingerprint density at radius 2 is 2.05 bits per heavy atom. The molecule has 0 aliphatic rings. The minimum atomic E-state index is -0.508. The summed E-state index contributed by atoms with van der Waals surface area (Å²) in [5.74, 6) is -0.955. The Kier molecular flexibility index (Phi) is 3.53. The standard InChI is InChI=1S/C15H11FN2O2S/c16-11-3-1-2-4-12(11)17-14(19)9-18-7-5-13-10(15(18)20)6-8-21-13/h1-8H,9H2,(H,17,19). The summed E-state index contributed by atoms with van der Waals surface area (Å²) in [6.07, 6.45) is 1.57. The fraction of sp³-hybridized carbons (Fsp3) is 0.0667. The Bertz CT molecular complexity index is 869. The molecule has 0 saturated heterocycles. The molecule has 0 bridgehead atoms. The van der Waals surface area contributed by atoms with E-state index in [1.165, 1.54) is 28.0 Å². The van der Waals surface area contributed by atoms with Gasteiger partial charge in [-0.2, -0.15) is 0 Å². The minimum absolute atomic E-state index is 0.104. The lowest BCUT2D eigenvalue weighted by Gasteiger charge is -2.08. The van der Waals surface area contributed by atoms with Crippen LogP contribution in [-0.2, 0) is 11.3 Å². The fourth-order valence-electron chi connectivity index (χ4n) is 2.04. The van der Waals surface area contributed by atoms with Crippen LogP contribution in [0.1, 0.15) is 0 Å². The van der Waals surface area contributed by atoms with Crippen molar-refractivity contribution in [2.75, 3.05) is 5.32 Å². The molecule has 1 aromatic carbocycles. The number of nitrogens with zero attached hydrogens (tertiary/aromatic N) is 1. The maximum Gasteiger partial charge on any atom is 0.259 e. The number of carbonyl (C=O) groups is 1. The maximum absolute atomic E-state index is 13.5. The lowest BCUT2D eigenvalue weighted by Crippen LogP contribution is -2.27. The highest BCUT2D eigenvalue weighted by molar-refractivity contribution is 7.17. The third kappa shape index (κ3) is 2.71. The summed E-state index contributed by atoms with van der Waals surface area (Å²) in [4.78, 5) is 24.1. The van der Waals surface area contributed by atoms with Crippen LogP contribution in [0.15, 0.2) is 52.8 Å². The van der Waals surface area contributed by atoms with E-state index in [9.17, 15) is 14.0 Å². The normalized spacial score (nSPS) is 10.7. The molecule has 106 valence electrons. The molecule has 0 aliphatic heterocycles. The molecule has 0 fully saturated rings. The quantitative estimate of drug-likeness (QED) is 0.809. The molecule has 0 atom stereocenters. The molecule has 0 aliphatic carbocycles. The van der Waals surface area contributed by atoms with Crippen molar-refractivity contribution in [1.82, 2.24) is 4.57 Å². The van der Waals surface area contributed by atoms with Gasteiger partial charge in [0.25, 0.3) is 5.56 Å². The molecule has 3 aromatic rings. The Balaban J connectivity index is 1.82. The summed E-state index contributed by atoms with van der Waals surface area (Å²) >= 11 is 1.47. The van der Waals surface area contributed by atoms with Gasteiger partial charge in [0, 0.05) is 10.9 Å². The van der Waals surface area contributed by atoms with E-state index >= 15 is 0 Å². The molecule has 1 amide bonds. The van der Waals surface area contributed by atoms with E-state index in [1.54, 1.807) is 30.5 Å². The molecule has 1 N–H and O–H groups in total. The fourth-order valence-corrected chi connectivity index (χ4v) is 2.81. The molecule has 0 unspecified atom stereocenters. The number of aromatic nitrogens is 1. The van der Waals surface area contributed by atoms with Crippen LogP contribution < -0.4 is 10.9 Å². The first kappa shape index (κ1) is 13.5. The van der Waals surface area contributed by atoms with Gasteiger partial charge in [-0.1, -0.05) is 12.1 Å². The molecule has 0 spiro atoms. The number of benzene rings is 1. The van der Waals surface area contributed by atoms with Crippen LogP contribution in [0.3, 0.4) is 0 Å². The first-order valence-electron chi connectivity index (χ1n) is 6.26. The van der Waals surface area contributed by atoms with Crippen molar-refractivity contribution in [3.05, 3.63) is 64.1 Å². The van der Waals surface area contributed by atoms with Crippen LogP contribution in [0, 0.1) is 5.82 Å². The maximum atomic E-state index is 13.5. The Morgan fingerprint density at radius 1 is 1.24 bits per heavy atom. The number of carbonyl (C=O) groups excluding carboxylic acids is 1. The highest BCUT2D eigenvalue weighted by Crippen LogP contribution is 2.16. The van der Waals surface area contributed by atoms with Gasteiger partial charge in [-0.3, -0.25) is 9.59 Å². The van der Waals surface area contributed by atoms with E-state index in [0.717, 1.165) is 4.70 Å². The third-order valence-corrected chi connectivity index (χ3v) is 3.94. The van der Waals surface area contributed by atoms with Crippen LogP contribution in [0.2, 0.25) is 0 Å². The summed E-state index contributed by atoms with van der Waals surface area (Å²) in [5.41, 5.74) is -0.121. The predicted molar refractivity (Wildman–Crippen MR) is 81.1 cm³/mol. The van der Waals surface area contributed by atoms with Gasteiger partial charge in [0.15, 0.2) is 0 Å². The molecule has 2 heterocycles. The molecular formula is C15H11FN2O2S. The number of para-hydroxylation sites is 1. The van der Waals surface area contributed by atoms with Gasteiger partial charge < -0.3 is 9.88 Å². The Morgan fingerprint density at radius 3 is 2.86 bits per heavy atom. The van der Waals surface area contributed by atoms with Crippen LogP contribution >= 0.6 is 11.3 Å². The first-order valence-corrected chi connectivity index (χ1v) is 7.14.